The van der Waals surface area contributed by atoms with E-state index in [1.165, 1.54) is 6.07 Å². The minimum atomic E-state index is -3.40. The summed E-state index contributed by atoms with van der Waals surface area (Å²) in [5, 5.41) is 11.3. The van der Waals surface area contributed by atoms with Crippen molar-refractivity contribution in [3.8, 4) is 17.3 Å². The molecule has 0 aliphatic carbocycles. The monoisotopic (exact) mass is 272 g/mol. The molecule has 2 aromatic carbocycles. The van der Waals surface area contributed by atoms with E-state index in [4.69, 9.17) is 5.26 Å². The van der Waals surface area contributed by atoms with Gasteiger partial charge in [-0.3, -0.25) is 5.32 Å². The second-order valence-electron chi connectivity index (χ2n) is 4.05. The first kappa shape index (κ1) is 13.1. The van der Waals surface area contributed by atoms with Crippen LogP contribution >= 0.6 is 0 Å². The lowest BCUT2D eigenvalue weighted by Crippen LogP contribution is -2.03. The molecule has 2 aromatic rings. The summed E-state index contributed by atoms with van der Waals surface area (Å²) in [6.45, 7) is 0. The molecule has 0 atom stereocenters. The molecule has 0 saturated heterocycles. The maximum atomic E-state index is 11.8. The minimum Gasteiger partial charge on any atom is -0.291 e. The van der Waals surface area contributed by atoms with E-state index in [0.717, 1.165) is 11.8 Å². The molecule has 0 bridgehead atoms. The van der Waals surface area contributed by atoms with Crippen LogP contribution < -0.4 is 5.32 Å². The van der Waals surface area contributed by atoms with Gasteiger partial charge >= 0.3 is 0 Å². The third kappa shape index (κ3) is 2.75. The molecule has 0 aliphatic rings. The van der Waals surface area contributed by atoms with Crippen LogP contribution in [-0.4, -0.2) is 14.7 Å². The third-order valence-corrected chi connectivity index (χ3v) is 3.83. The van der Waals surface area contributed by atoms with E-state index in [1.54, 1.807) is 18.3 Å². The van der Waals surface area contributed by atoms with E-state index in [0.29, 0.717) is 11.3 Å². The Kier molecular flexibility index (Phi) is 3.54. The average molecular weight is 272 g/mol. The molecule has 0 amide bonds. The summed E-state index contributed by atoms with van der Waals surface area (Å²) in [7, 11) is -3.40. The Labute approximate surface area is 112 Å². The van der Waals surface area contributed by atoms with Gasteiger partial charge in [0.25, 0.3) is 0 Å². The van der Waals surface area contributed by atoms with E-state index in [1.807, 2.05) is 30.3 Å². The van der Waals surface area contributed by atoms with Gasteiger partial charge in [0.15, 0.2) is 16.0 Å². The Morgan fingerprint density at radius 3 is 2.32 bits per heavy atom. The fraction of sp³-hybridized carbons (Fsp3) is 0.0714. The van der Waals surface area contributed by atoms with Crippen LogP contribution in [0.25, 0.3) is 11.1 Å². The topological polar surface area (TPSA) is 70.0 Å². The number of nitrogens with zero attached hydrogens (tertiary/aromatic N) is 1. The molecule has 2 rings (SSSR count). The van der Waals surface area contributed by atoms with Gasteiger partial charge in [0.2, 0.25) is 0 Å². The average Bonchev–Trinajstić information content (AvgIpc) is 2.39. The molecule has 4 nitrogen and oxygen atoms in total. The summed E-state index contributed by atoms with van der Waals surface area (Å²) in [5.74, 6) is 0. The molecule has 96 valence electrons. The smallest absolute Gasteiger partial charge is 0.181 e. The van der Waals surface area contributed by atoms with E-state index < -0.39 is 9.84 Å². The standard InChI is InChI=1S/C14H12N2O2S/c1-19(17,18)13-9-5-8-12(14(13)16-10-15)11-6-3-2-4-7-11/h2-9,16H,1H3. The molecule has 0 fully saturated rings. The van der Waals surface area contributed by atoms with E-state index in [2.05, 4.69) is 5.32 Å². The molecule has 0 unspecified atom stereocenters. The molecule has 5 heteroatoms. The van der Waals surface area contributed by atoms with Gasteiger partial charge in [0, 0.05) is 11.8 Å². The number of sulfone groups is 1. The van der Waals surface area contributed by atoms with Gasteiger partial charge in [0.1, 0.15) is 0 Å². The molecule has 1 N–H and O–H groups in total. The molecule has 19 heavy (non-hydrogen) atoms. The number of hydrogen-bond acceptors (Lipinski definition) is 4. The first-order chi connectivity index (χ1) is 9.04. The van der Waals surface area contributed by atoms with Crippen LogP contribution in [0.1, 0.15) is 0 Å². The van der Waals surface area contributed by atoms with E-state index in [-0.39, 0.29) is 4.90 Å². The second kappa shape index (κ2) is 5.12. The van der Waals surface area contributed by atoms with Crippen LogP contribution in [0.2, 0.25) is 0 Å². The number of hydrogen-bond donors (Lipinski definition) is 1. The highest BCUT2D eigenvalue weighted by Crippen LogP contribution is 2.33. The minimum absolute atomic E-state index is 0.121. The summed E-state index contributed by atoms with van der Waals surface area (Å²) in [4.78, 5) is 0.121. The van der Waals surface area contributed by atoms with Crippen molar-refractivity contribution >= 4 is 15.5 Å². The SMILES string of the molecule is CS(=O)(=O)c1cccc(-c2ccccc2)c1NC#N. The molecular formula is C14H12N2O2S. The van der Waals surface area contributed by atoms with Crippen molar-refractivity contribution in [2.45, 2.75) is 4.90 Å². The quantitative estimate of drug-likeness (QED) is 0.689. The lowest BCUT2D eigenvalue weighted by molar-refractivity contribution is 0.602. The van der Waals surface area contributed by atoms with Gasteiger partial charge in [-0.05, 0) is 11.6 Å². The molecule has 0 saturated carbocycles. The Morgan fingerprint density at radius 1 is 1.05 bits per heavy atom. The zero-order valence-electron chi connectivity index (χ0n) is 10.3. The van der Waals surface area contributed by atoms with Crippen LogP contribution in [0.15, 0.2) is 53.4 Å². The van der Waals surface area contributed by atoms with Crippen LogP contribution in [0, 0.1) is 11.5 Å². The summed E-state index contributed by atoms with van der Waals surface area (Å²) < 4.78 is 23.5. The Morgan fingerprint density at radius 2 is 1.74 bits per heavy atom. The van der Waals surface area contributed by atoms with Gasteiger partial charge in [-0.1, -0.05) is 42.5 Å². The Bertz CT molecular complexity index is 732. The van der Waals surface area contributed by atoms with Crippen LogP contribution in [0.3, 0.4) is 0 Å². The molecule has 0 heterocycles. The Hall–Kier alpha value is -2.32. The predicted molar refractivity (Wildman–Crippen MR) is 74.2 cm³/mol. The number of nitrogens with one attached hydrogen (secondary N) is 1. The zero-order valence-corrected chi connectivity index (χ0v) is 11.1. The van der Waals surface area contributed by atoms with Crippen LogP contribution in [0.4, 0.5) is 5.69 Å². The first-order valence-electron chi connectivity index (χ1n) is 5.57. The predicted octanol–water partition coefficient (Wildman–Crippen LogP) is 2.65. The fourth-order valence-corrected chi connectivity index (χ4v) is 2.74. The third-order valence-electron chi connectivity index (χ3n) is 2.69. The van der Waals surface area contributed by atoms with Crippen molar-refractivity contribution in [1.82, 2.24) is 0 Å². The molecule has 0 radical (unpaired) electrons. The van der Waals surface area contributed by atoms with Gasteiger partial charge < -0.3 is 0 Å². The maximum Gasteiger partial charge on any atom is 0.181 e. The van der Waals surface area contributed by atoms with E-state index in [9.17, 15) is 8.42 Å². The summed E-state index contributed by atoms with van der Waals surface area (Å²) in [5.41, 5.74) is 1.86. The van der Waals surface area contributed by atoms with Crippen molar-refractivity contribution < 1.29 is 8.42 Å². The van der Waals surface area contributed by atoms with Gasteiger partial charge in [-0.25, -0.2) is 8.42 Å². The lowest BCUT2D eigenvalue weighted by atomic mass is 10.0. The largest absolute Gasteiger partial charge is 0.291 e. The highest BCUT2D eigenvalue weighted by Gasteiger charge is 2.17. The Balaban J connectivity index is 2.73. The van der Waals surface area contributed by atoms with Gasteiger partial charge in [-0.2, -0.15) is 5.26 Å². The first-order valence-corrected chi connectivity index (χ1v) is 7.47. The number of rotatable bonds is 3. The van der Waals surface area contributed by atoms with Gasteiger partial charge in [-0.15, -0.1) is 0 Å². The van der Waals surface area contributed by atoms with Crippen molar-refractivity contribution in [3.63, 3.8) is 0 Å². The molecule has 0 spiro atoms. The van der Waals surface area contributed by atoms with Crippen molar-refractivity contribution in [3.05, 3.63) is 48.5 Å². The number of benzene rings is 2. The summed E-state index contributed by atoms with van der Waals surface area (Å²) >= 11 is 0. The molecule has 0 aliphatic heterocycles. The highest BCUT2D eigenvalue weighted by atomic mass is 32.2. The highest BCUT2D eigenvalue weighted by molar-refractivity contribution is 7.90. The number of nitriles is 1. The number of para-hydroxylation sites is 1. The molecule has 0 aromatic heterocycles. The normalized spacial score (nSPS) is 10.7. The van der Waals surface area contributed by atoms with Crippen molar-refractivity contribution in [2.75, 3.05) is 11.6 Å². The van der Waals surface area contributed by atoms with Crippen molar-refractivity contribution in [2.24, 2.45) is 0 Å². The van der Waals surface area contributed by atoms with Crippen LogP contribution in [-0.2, 0) is 9.84 Å². The van der Waals surface area contributed by atoms with Gasteiger partial charge in [0.05, 0.1) is 10.6 Å². The van der Waals surface area contributed by atoms with Crippen molar-refractivity contribution in [1.29, 1.82) is 5.26 Å². The molecular weight excluding hydrogens is 260 g/mol. The van der Waals surface area contributed by atoms with E-state index >= 15 is 0 Å². The van der Waals surface area contributed by atoms with Crippen LogP contribution in [0.5, 0.6) is 0 Å². The number of anilines is 1. The summed E-state index contributed by atoms with van der Waals surface area (Å²) in [6, 6.07) is 14.3. The summed E-state index contributed by atoms with van der Waals surface area (Å²) in [6.07, 6.45) is 2.92. The maximum absolute atomic E-state index is 11.8. The second-order valence-corrected chi connectivity index (χ2v) is 6.04. The zero-order chi connectivity index (χ0) is 13.9. The lowest BCUT2D eigenvalue weighted by Gasteiger charge is -2.12. The fourth-order valence-electron chi connectivity index (χ4n) is 1.88.